The molecular weight excluding hydrogens is 438 g/mol. The van der Waals surface area contributed by atoms with Gasteiger partial charge in [0.2, 0.25) is 5.91 Å². The lowest BCUT2D eigenvalue weighted by atomic mass is 10.1. The first-order chi connectivity index (χ1) is 14.2. The number of amides is 2. The summed E-state index contributed by atoms with van der Waals surface area (Å²) in [5.41, 5.74) is 2.79. The molecule has 0 radical (unpaired) electrons. The Morgan fingerprint density at radius 2 is 1.73 bits per heavy atom. The smallest absolute Gasteiger partial charge is 0.311 e. The number of nitrogens with one attached hydrogen (secondary N) is 1. The van der Waals surface area contributed by atoms with Crippen LogP contribution in [0.4, 0.5) is 4.39 Å². The van der Waals surface area contributed by atoms with E-state index in [1.54, 1.807) is 0 Å². The first-order valence-electron chi connectivity index (χ1n) is 8.76. The highest BCUT2D eigenvalue weighted by molar-refractivity contribution is 6.42. The SMILES string of the molecule is O=C(COC(=O)[C@@H]1CC(=O)N(NC(=O)c2ccc(Cl)c(Cl)c2)C1)c1ccc(F)cc1. The van der Waals surface area contributed by atoms with E-state index in [0.29, 0.717) is 0 Å². The van der Waals surface area contributed by atoms with Crippen molar-refractivity contribution in [2.24, 2.45) is 5.92 Å². The molecule has 3 rings (SSSR count). The monoisotopic (exact) mass is 452 g/mol. The zero-order valence-electron chi connectivity index (χ0n) is 15.4. The summed E-state index contributed by atoms with van der Waals surface area (Å²) in [5, 5.41) is 1.48. The van der Waals surface area contributed by atoms with Gasteiger partial charge in [0.05, 0.1) is 22.5 Å². The quantitative estimate of drug-likeness (QED) is 0.536. The number of ether oxygens (including phenoxy) is 1. The van der Waals surface area contributed by atoms with E-state index in [4.69, 9.17) is 27.9 Å². The number of hydrazine groups is 1. The Labute approximate surface area is 180 Å². The Kier molecular flexibility index (Phi) is 6.69. The molecule has 1 heterocycles. The van der Waals surface area contributed by atoms with Gasteiger partial charge in [-0.25, -0.2) is 4.39 Å². The standard InChI is InChI=1S/C20H15Cl2FN2O5/c21-15-6-3-12(7-16(15)22)19(28)24-25-9-13(8-18(25)27)20(29)30-10-17(26)11-1-4-14(23)5-2-11/h1-7,13H,8-10H2,(H,24,28)/t13-/m1/s1. The Balaban J connectivity index is 1.53. The van der Waals surface area contributed by atoms with Crippen molar-refractivity contribution in [3.63, 3.8) is 0 Å². The second-order valence-electron chi connectivity index (χ2n) is 6.51. The van der Waals surface area contributed by atoms with Crippen LogP contribution in [0.3, 0.4) is 0 Å². The van der Waals surface area contributed by atoms with Crippen molar-refractivity contribution >= 4 is 46.8 Å². The first kappa shape index (κ1) is 21.7. The summed E-state index contributed by atoms with van der Waals surface area (Å²) in [6.07, 6.45) is -0.175. The minimum Gasteiger partial charge on any atom is -0.457 e. The molecule has 0 unspecified atom stereocenters. The van der Waals surface area contributed by atoms with Gasteiger partial charge in [0, 0.05) is 17.5 Å². The van der Waals surface area contributed by atoms with Gasteiger partial charge in [0.25, 0.3) is 5.91 Å². The van der Waals surface area contributed by atoms with E-state index in [0.717, 1.165) is 17.1 Å². The number of nitrogens with zero attached hydrogens (tertiary/aromatic N) is 1. The van der Waals surface area contributed by atoms with Crippen molar-refractivity contribution in [2.75, 3.05) is 13.2 Å². The lowest BCUT2D eigenvalue weighted by Gasteiger charge is -2.17. The number of rotatable bonds is 6. The van der Waals surface area contributed by atoms with Crippen molar-refractivity contribution in [1.82, 2.24) is 10.4 Å². The Morgan fingerprint density at radius 3 is 2.40 bits per heavy atom. The van der Waals surface area contributed by atoms with Crippen molar-refractivity contribution in [3.05, 3.63) is 69.5 Å². The predicted molar refractivity (Wildman–Crippen MR) is 105 cm³/mol. The largest absolute Gasteiger partial charge is 0.457 e. The van der Waals surface area contributed by atoms with Crippen LogP contribution in [0.5, 0.6) is 0 Å². The summed E-state index contributed by atoms with van der Waals surface area (Å²) in [4.78, 5) is 48.6. The molecule has 1 aliphatic heterocycles. The molecule has 1 N–H and O–H groups in total. The summed E-state index contributed by atoms with van der Waals surface area (Å²) < 4.78 is 17.9. The van der Waals surface area contributed by atoms with E-state index in [2.05, 4.69) is 5.43 Å². The van der Waals surface area contributed by atoms with Crippen LogP contribution in [0.2, 0.25) is 10.0 Å². The van der Waals surface area contributed by atoms with Gasteiger partial charge < -0.3 is 4.74 Å². The maximum atomic E-state index is 12.9. The Morgan fingerprint density at radius 1 is 1.07 bits per heavy atom. The fourth-order valence-corrected chi connectivity index (χ4v) is 3.07. The molecule has 30 heavy (non-hydrogen) atoms. The maximum Gasteiger partial charge on any atom is 0.311 e. The van der Waals surface area contributed by atoms with E-state index >= 15 is 0 Å². The molecule has 1 fully saturated rings. The van der Waals surface area contributed by atoms with Crippen LogP contribution in [0.25, 0.3) is 0 Å². The third-order valence-electron chi connectivity index (χ3n) is 4.39. The minimum absolute atomic E-state index is 0.102. The van der Waals surface area contributed by atoms with Gasteiger partial charge in [-0.3, -0.25) is 29.6 Å². The molecule has 2 aromatic rings. The molecule has 10 heteroatoms. The maximum absolute atomic E-state index is 12.9. The summed E-state index contributed by atoms with van der Waals surface area (Å²) in [6.45, 7) is -0.639. The van der Waals surface area contributed by atoms with Crippen LogP contribution in [-0.2, 0) is 14.3 Å². The van der Waals surface area contributed by atoms with Gasteiger partial charge in [-0.2, -0.15) is 0 Å². The fourth-order valence-electron chi connectivity index (χ4n) is 2.77. The molecule has 1 saturated heterocycles. The highest BCUT2D eigenvalue weighted by atomic mass is 35.5. The third kappa shape index (κ3) is 5.14. The number of carbonyl (C=O) groups excluding carboxylic acids is 4. The summed E-state index contributed by atoms with van der Waals surface area (Å²) in [5.74, 6) is -3.65. The van der Waals surface area contributed by atoms with Crippen LogP contribution < -0.4 is 5.43 Å². The Bertz CT molecular complexity index is 1010. The molecule has 0 aromatic heterocycles. The van der Waals surface area contributed by atoms with E-state index in [9.17, 15) is 23.6 Å². The molecule has 2 amide bonds. The number of halogens is 3. The van der Waals surface area contributed by atoms with Gasteiger partial charge in [-0.1, -0.05) is 23.2 Å². The van der Waals surface area contributed by atoms with Crippen LogP contribution in [-0.4, -0.2) is 41.7 Å². The number of hydrogen-bond acceptors (Lipinski definition) is 5. The predicted octanol–water partition coefficient (Wildman–Crippen LogP) is 3.05. The van der Waals surface area contributed by atoms with Crippen molar-refractivity contribution in [2.45, 2.75) is 6.42 Å². The molecule has 2 aromatic carbocycles. The number of esters is 1. The van der Waals surface area contributed by atoms with E-state index in [1.807, 2.05) is 0 Å². The normalized spacial score (nSPS) is 15.8. The number of Topliss-reactive ketones (excluding diaryl/α,β-unsaturated/α-hetero) is 1. The lowest BCUT2D eigenvalue weighted by Crippen LogP contribution is -2.43. The minimum atomic E-state index is -0.840. The van der Waals surface area contributed by atoms with E-state index in [-0.39, 0.29) is 34.1 Å². The average Bonchev–Trinajstić information content (AvgIpc) is 3.08. The average molecular weight is 453 g/mol. The molecule has 1 aliphatic rings. The van der Waals surface area contributed by atoms with Crippen LogP contribution >= 0.6 is 23.2 Å². The topological polar surface area (TPSA) is 92.8 Å². The van der Waals surface area contributed by atoms with Crippen molar-refractivity contribution in [3.8, 4) is 0 Å². The first-order valence-corrected chi connectivity index (χ1v) is 9.52. The van der Waals surface area contributed by atoms with Crippen molar-refractivity contribution < 1.29 is 28.3 Å². The van der Waals surface area contributed by atoms with Gasteiger partial charge >= 0.3 is 5.97 Å². The van der Waals surface area contributed by atoms with Crippen LogP contribution in [0.15, 0.2) is 42.5 Å². The molecule has 0 spiro atoms. The number of benzene rings is 2. The molecule has 0 saturated carbocycles. The fraction of sp³-hybridized carbons (Fsp3) is 0.200. The second-order valence-corrected chi connectivity index (χ2v) is 7.33. The molecule has 1 atom stereocenters. The zero-order chi connectivity index (χ0) is 21.8. The highest BCUT2D eigenvalue weighted by Gasteiger charge is 2.36. The third-order valence-corrected chi connectivity index (χ3v) is 5.13. The van der Waals surface area contributed by atoms with Crippen LogP contribution in [0, 0.1) is 11.7 Å². The molecule has 0 aliphatic carbocycles. The van der Waals surface area contributed by atoms with Gasteiger partial charge in [-0.05, 0) is 42.5 Å². The molecule has 0 bridgehead atoms. The summed E-state index contributed by atoms with van der Waals surface area (Å²) >= 11 is 11.7. The lowest BCUT2D eigenvalue weighted by molar-refractivity contribution is -0.147. The van der Waals surface area contributed by atoms with Gasteiger partial charge in [-0.15, -0.1) is 0 Å². The van der Waals surface area contributed by atoms with E-state index < -0.39 is 41.9 Å². The second kappa shape index (κ2) is 9.23. The highest BCUT2D eigenvalue weighted by Crippen LogP contribution is 2.23. The molecule has 156 valence electrons. The number of ketones is 1. The number of hydrogen-bond donors (Lipinski definition) is 1. The summed E-state index contributed by atoms with van der Waals surface area (Å²) in [6, 6.07) is 9.06. The van der Waals surface area contributed by atoms with Gasteiger partial charge in [0.15, 0.2) is 12.4 Å². The number of carbonyl (C=O) groups is 4. The Hall–Kier alpha value is -2.97. The van der Waals surface area contributed by atoms with E-state index in [1.165, 1.54) is 30.3 Å². The van der Waals surface area contributed by atoms with Gasteiger partial charge in [0.1, 0.15) is 5.82 Å². The van der Waals surface area contributed by atoms with Crippen LogP contribution in [0.1, 0.15) is 27.1 Å². The molecule has 7 nitrogen and oxygen atoms in total. The zero-order valence-corrected chi connectivity index (χ0v) is 16.9. The van der Waals surface area contributed by atoms with Crippen molar-refractivity contribution in [1.29, 1.82) is 0 Å². The molecular formula is C20H15Cl2FN2O5. The summed E-state index contributed by atoms with van der Waals surface area (Å²) in [7, 11) is 0.